The fourth-order valence-corrected chi connectivity index (χ4v) is 1.56. The fourth-order valence-electron chi connectivity index (χ4n) is 1.34. The molecule has 94 valence electrons. The molecule has 1 rings (SSSR count). The Morgan fingerprint density at radius 1 is 1.41 bits per heavy atom. The first-order valence-corrected chi connectivity index (χ1v) is 5.64. The summed E-state index contributed by atoms with van der Waals surface area (Å²) in [5.41, 5.74) is -0.205. The van der Waals surface area contributed by atoms with Crippen LogP contribution in [0.1, 0.15) is 12.5 Å². The molecule has 0 atom stereocenters. The van der Waals surface area contributed by atoms with Gasteiger partial charge in [-0.1, -0.05) is 23.7 Å². The normalized spacial score (nSPS) is 11.3. The monoisotopic (exact) mass is 257 g/mol. The summed E-state index contributed by atoms with van der Waals surface area (Å²) in [4.78, 5) is 11.7. The van der Waals surface area contributed by atoms with Crippen LogP contribution in [0.5, 0.6) is 0 Å². The second-order valence-corrected chi connectivity index (χ2v) is 4.67. The van der Waals surface area contributed by atoms with E-state index < -0.39 is 5.54 Å². The zero-order valence-corrected chi connectivity index (χ0v) is 10.4. The third kappa shape index (κ3) is 4.34. The summed E-state index contributed by atoms with van der Waals surface area (Å²) < 4.78 is 0. The topological polar surface area (TPSA) is 69.6 Å². The van der Waals surface area contributed by atoms with E-state index in [2.05, 4.69) is 5.32 Å². The summed E-state index contributed by atoms with van der Waals surface area (Å²) >= 11 is 5.80. The molecule has 17 heavy (non-hydrogen) atoms. The second-order valence-electron chi connectivity index (χ2n) is 4.23. The van der Waals surface area contributed by atoms with Crippen LogP contribution < -0.4 is 5.32 Å². The minimum absolute atomic E-state index is 0.163. The van der Waals surface area contributed by atoms with Gasteiger partial charge in [0.25, 0.3) is 0 Å². The first-order chi connectivity index (χ1) is 7.99. The molecule has 0 spiro atoms. The van der Waals surface area contributed by atoms with Gasteiger partial charge in [0, 0.05) is 5.02 Å². The maximum absolute atomic E-state index is 11.7. The van der Waals surface area contributed by atoms with Gasteiger partial charge in [-0.2, -0.15) is 0 Å². The molecule has 0 aromatic heterocycles. The molecule has 0 radical (unpaired) electrons. The lowest BCUT2D eigenvalue weighted by molar-refractivity contribution is -0.123. The van der Waals surface area contributed by atoms with Crippen LogP contribution in [0.4, 0.5) is 0 Å². The number of hydrogen-bond donors (Lipinski definition) is 3. The summed E-state index contributed by atoms with van der Waals surface area (Å²) in [6, 6.07) is 6.99. The maximum Gasteiger partial charge on any atom is 0.225 e. The lowest BCUT2D eigenvalue weighted by Gasteiger charge is -2.26. The third-order valence-corrected chi connectivity index (χ3v) is 2.63. The minimum Gasteiger partial charge on any atom is -0.394 e. The zero-order chi connectivity index (χ0) is 12.9. The number of nitrogens with one attached hydrogen (secondary N) is 1. The minimum atomic E-state index is -0.990. The van der Waals surface area contributed by atoms with Crippen molar-refractivity contribution in [3.63, 3.8) is 0 Å². The number of amides is 1. The average Bonchev–Trinajstić information content (AvgIpc) is 2.28. The number of aliphatic hydroxyl groups excluding tert-OH is 2. The summed E-state index contributed by atoms with van der Waals surface area (Å²) in [6.07, 6.45) is 0.163. The van der Waals surface area contributed by atoms with Gasteiger partial charge in [0.2, 0.25) is 5.91 Å². The zero-order valence-electron chi connectivity index (χ0n) is 9.61. The Morgan fingerprint density at radius 2 is 2.06 bits per heavy atom. The number of benzene rings is 1. The van der Waals surface area contributed by atoms with Crippen LogP contribution in [0.2, 0.25) is 5.02 Å². The number of aliphatic hydroxyl groups is 2. The Morgan fingerprint density at radius 3 is 2.59 bits per heavy atom. The number of carbonyl (C=O) groups is 1. The van der Waals surface area contributed by atoms with Crippen LogP contribution in [0, 0.1) is 0 Å². The highest BCUT2D eigenvalue weighted by Crippen LogP contribution is 2.11. The van der Waals surface area contributed by atoms with E-state index in [1.807, 2.05) is 0 Å². The van der Waals surface area contributed by atoms with Crippen LogP contribution in [-0.4, -0.2) is 34.9 Å². The van der Waals surface area contributed by atoms with Crippen molar-refractivity contribution in [1.29, 1.82) is 0 Å². The lowest BCUT2D eigenvalue weighted by Crippen LogP contribution is -2.52. The Kier molecular flexibility index (Phi) is 4.93. The van der Waals surface area contributed by atoms with Crippen molar-refractivity contribution < 1.29 is 15.0 Å². The molecular formula is C12H16ClNO3. The predicted molar refractivity (Wildman–Crippen MR) is 65.9 cm³/mol. The smallest absolute Gasteiger partial charge is 0.225 e. The summed E-state index contributed by atoms with van der Waals surface area (Å²) in [7, 11) is 0. The number of hydrogen-bond acceptors (Lipinski definition) is 3. The molecule has 0 unspecified atom stereocenters. The Hall–Kier alpha value is -1.10. The SMILES string of the molecule is CC(CO)(CO)NC(=O)Cc1cccc(Cl)c1. The van der Waals surface area contributed by atoms with Gasteiger partial charge in [-0.3, -0.25) is 4.79 Å². The molecule has 1 aromatic carbocycles. The standard InChI is InChI=1S/C12H16ClNO3/c1-12(7-15,8-16)14-11(17)6-9-3-2-4-10(13)5-9/h2-5,15-16H,6-8H2,1H3,(H,14,17). The van der Waals surface area contributed by atoms with Gasteiger partial charge >= 0.3 is 0 Å². The van der Waals surface area contributed by atoms with E-state index in [1.165, 1.54) is 0 Å². The number of carbonyl (C=O) groups excluding carboxylic acids is 1. The van der Waals surface area contributed by atoms with Crippen molar-refractivity contribution in [3.05, 3.63) is 34.9 Å². The van der Waals surface area contributed by atoms with Crippen molar-refractivity contribution in [2.75, 3.05) is 13.2 Å². The van der Waals surface area contributed by atoms with E-state index >= 15 is 0 Å². The quantitative estimate of drug-likeness (QED) is 0.729. The van der Waals surface area contributed by atoms with E-state index in [4.69, 9.17) is 21.8 Å². The van der Waals surface area contributed by atoms with Crippen molar-refractivity contribution in [2.45, 2.75) is 18.9 Å². The van der Waals surface area contributed by atoms with Crippen molar-refractivity contribution in [1.82, 2.24) is 5.32 Å². The Labute approximate surface area is 105 Å². The van der Waals surface area contributed by atoms with E-state index in [-0.39, 0.29) is 25.5 Å². The predicted octanol–water partition coefficient (Wildman–Crippen LogP) is 0.742. The number of rotatable bonds is 5. The fraction of sp³-hybridized carbons (Fsp3) is 0.417. The van der Waals surface area contributed by atoms with Crippen molar-refractivity contribution >= 4 is 17.5 Å². The summed E-state index contributed by atoms with van der Waals surface area (Å²) in [6.45, 7) is 0.943. The molecule has 0 fully saturated rings. The molecule has 0 heterocycles. The van der Waals surface area contributed by atoms with Crippen molar-refractivity contribution in [3.8, 4) is 0 Å². The van der Waals surface area contributed by atoms with E-state index in [0.717, 1.165) is 5.56 Å². The molecular weight excluding hydrogens is 242 g/mol. The van der Waals surface area contributed by atoms with E-state index in [9.17, 15) is 4.79 Å². The molecule has 1 amide bonds. The average molecular weight is 258 g/mol. The van der Waals surface area contributed by atoms with Gasteiger partial charge in [-0.25, -0.2) is 0 Å². The summed E-state index contributed by atoms with van der Waals surface area (Å²) in [5.74, 6) is -0.266. The highest BCUT2D eigenvalue weighted by atomic mass is 35.5. The molecule has 1 aromatic rings. The third-order valence-electron chi connectivity index (χ3n) is 2.39. The van der Waals surface area contributed by atoms with Gasteiger partial charge in [0.1, 0.15) is 0 Å². The maximum atomic E-state index is 11.7. The highest BCUT2D eigenvalue weighted by molar-refractivity contribution is 6.30. The van der Waals surface area contributed by atoms with Crippen LogP contribution in [0.25, 0.3) is 0 Å². The number of halogens is 1. The van der Waals surface area contributed by atoms with Gasteiger partial charge < -0.3 is 15.5 Å². The van der Waals surface area contributed by atoms with Crippen LogP contribution in [-0.2, 0) is 11.2 Å². The van der Waals surface area contributed by atoms with Crippen molar-refractivity contribution in [2.24, 2.45) is 0 Å². The molecule has 0 aliphatic rings. The second kappa shape index (κ2) is 6.00. The Balaban J connectivity index is 2.61. The summed E-state index contributed by atoms with van der Waals surface area (Å²) in [5, 5.41) is 21.2. The van der Waals surface area contributed by atoms with Gasteiger partial charge in [-0.15, -0.1) is 0 Å². The van der Waals surface area contributed by atoms with Crippen LogP contribution in [0.3, 0.4) is 0 Å². The first-order valence-electron chi connectivity index (χ1n) is 5.26. The molecule has 0 bridgehead atoms. The van der Waals surface area contributed by atoms with Gasteiger partial charge in [0.15, 0.2) is 0 Å². The Bertz CT molecular complexity index is 391. The molecule has 4 nitrogen and oxygen atoms in total. The van der Waals surface area contributed by atoms with Crippen LogP contribution >= 0.6 is 11.6 Å². The molecule has 0 saturated carbocycles. The molecule has 5 heteroatoms. The van der Waals surface area contributed by atoms with Crippen LogP contribution in [0.15, 0.2) is 24.3 Å². The molecule has 0 saturated heterocycles. The molecule has 3 N–H and O–H groups in total. The largest absolute Gasteiger partial charge is 0.394 e. The molecule has 0 aliphatic heterocycles. The first kappa shape index (κ1) is 14.0. The molecule has 0 aliphatic carbocycles. The van der Waals surface area contributed by atoms with Gasteiger partial charge in [0.05, 0.1) is 25.2 Å². The highest BCUT2D eigenvalue weighted by Gasteiger charge is 2.24. The van der Waals surface area contributed by atoms with Gasteiger partial charge in [-0.05, 0) is 24.6 Å². The van der Waals surface area contributed by atoms with E-state index in [0.29, 0.717) is 5.02 Å². The van der Waals surface area contributed by atoms with E-state index in [1.54, 1.807) is 31.2 Å². The lowest BCUT2D eigenvalue weighted by atomic mass is 10.0.